The summed E-state index contributed by atoms with van der Waals surface area (Å²) in [5.74, 6) is 0. The van der Waals surface area contributed by atoms with Gasteiger partial charge in [0.2, 0.25) is 0 Å². The van der Waals surface area contributed by atoms with Gasteiger partial charge in [-0.3, -0.25) is 0 Å². The third kappa shape index (κ3) is 2.95. The van der Waals surface area contributed by atoms with Crippen LogP contribution in [0.5, 0.6) is 0 Å². The van der Waals surface area contributed by atoms with Crippen molar-refractivity contribution in [2.75, 3.05) is 0 Å². The molecule has 0 spiro atoms. The van der Waals surface area contributed by atoms with Crippen molar-refractivity contribution in [3.63, 3.8) is 0 Å². The number of hydrogen-bond donors (Lipinski definition) is 2. The maximum atomic E-state index is 6.22. The summed E-state index contributed by atoms with van der Waals surface area (Å²) in [7, 11) is 0. The summed E-state index contributed by atoms with van der Waals surface area (Å²) >= 11 is 12.1. The predicted octanol–water partition coefficient (Wildman–Crippen LogP) is 4.79. The highest BCUT2D eigenvalue weighted by molar-refractivity contribution is 6.42. The quantitative estimate of drug-likeness (QED) is 0.853. The Morgan fingerprint density at radius 1 is 1.10 bits per heavy atom. The molecular formula is C17H18Cl2N2. The van der Waals surface area contributed by atoms with Crippen LogP contribution < -0.4 is 11.1 Å². The second kappa shape index (κ2) is 5.98. The molecule has 3 unspecified atom stereocenters. The van der Waals surface area contributed by atoms with E-state index in [1.807, 2.05) is 24.3 Å². The molecule has 3 rings (SSSR count). The van der Waals surface area contributed by atoms with Gasteiger partial charge in [-0.25, -0.2) is 0 Å². The molecule has 0 saturated heterocycles. The zero-order valence-electron chi connectivity index (χ0n) is 11.8. The zero-order valence-corrected chi connectivity index (χ0v) is 13.3. The molecule has 2 aromatic rings. The summed E-state index contributed by atoms with van der Waals surface area (Å²) in [6.07, 6.45) is 0.922. The number of fused-ring (bicyclic) bond motifs is 1. The molecule has 4 heteroatoms. The molecule has 0 heterocycles. The molecule has 0 aromatic heterocycles. The first-order valence-electron chi connectivity index (χ1n) is 7.11. The average molecular weight is 321 g/mol. The van der Waals surface area contributed by atoms with E-state index >= 15 is 0 Å². The molecule has 3 N–H and O–H groups in total. The highest BCUT2D eigenvalue weighted by atomic mass is 35.5. The molecule has 0 bridgehead atoms. The molecule has 1 aliphatic rings. The number of halogens is 2. The molecule has 0 saturated carbocycles. The van der Waals surface area contributed by atoms with E-state index in [1.54, 1.807) is 0 Å². The normalized spacial score (nSPS) is 22.1. The number of rotatable bonds is 3. The van der Waals surface area contributed by atoms with Gasteiger partial charge in [-0.1, -0.05) is 53.5 Å². The summed E-state index contributed by atoms with van der Waals surface area (Å²) < 4.78 is 0. The predicted molar refractivity (Wildman–Crippen MR) is 88.7 cm³/mol. The standard InChI is InChI=1S/C17H18Cl2N2/c1-10(11-6-7-14(18)15(19)8-11)21-17-9-16(20)12-4-2-3-5-13(12)17/h2-8,10,16-17,21H,9,20H2,1H3. The number of benzene rings is 2. The minimum atomic E-state index is 0.111. The van der Waals surface area contributed by atoms with Crippen molar-refractivity contribution in [2.45, 2.75) is 31.5 Å². The Hall–Kier alpha value is -1.06. The van der Waals surface area contributed by atoms with Gasteiger partial charge >= 0.3 is 0 Å². The fraction of sp³-hybridized carbons (Fsp3) is 0.294. The van der Waals surface area contributed by atoms with E-state index in [0.29, 0.717) is 10.0 Å². The van der Waals surface area contributed by atoms with Gasteiger partial charge in [-0.05, 0) is 42.2 Å². The second-order valence-electron chi connectivity index (χ2n) is 5.59. The first kappa shape index (κ1) is 14.9. The van der Waals surface area contributed by atoms with E-state index in [0.717, 1.165) is 12.0 Å². The van der Waals surface area contributed by atoms with E-state index in [2.05, 4.69) is 30.4 Å². The molecule has 110 valence electrons. The molecule has 0 radical (unpaired) electrons. The molecule has 2 nitrogen and oxygen atoms in total. The van der Waals surface area contributed by atoms with E-state index in [4.69, 9.17) is 28.9 Å². The van der Waals surface area contributed by atoms with Crippen LogP contribution in [0, 0.1) is 0 Å². The number of nitrogens with two attached hydrogens (primary N) is 1. The van der Waals surface area contributed by atoms with Crippen molar-refractivity contribution in [2.24, 2.45) is 5.73 Å². The van der Waals surface area contributed by atoms with Gasteiger partial charge < -0.3 is 11.1 Å². The summed E-state index contributed by atoms with van der Waals surface area (Å²) in [5, 5.41) is 4.82. The average Bonchev–Trinajstić information content (AvgIpc) is 2.79. The number of hydrogen-bond acceptors (Lipinski definition) is 2. The maximum absolute atomic E-state index is 6.22. The zero-order chi connectivity index (χ0) is 15.0. The fourth-order valence-corrected chi connectivity index (χ4v) is 3.32. The minimum absolute atomic E-state index is 0.111. The monoisotopic (exact) mass is 320 g/mol. The largest absolute Gasteiger partial charge is 0.324 e. The van der Waals surface area contributed by atoms with Crippen LogP contribution in [0.1, 0.15) is 48.2 Å². The smallest absolute Gasteiger partial charge is 0.0595 e. The lowest BCUT2D eigenvalue weighted by Crippen LogP contribution is -2.23. The van der Waals surface area contributed by atoms with Crippen LogP contribution in [0.4, 0.5) is 0 Å². The topological polar surface area (TPSA) is 38.0 Å². The minimum Gasteiger partial charge on any atom is -0.324 e. The van der Waals surface area contributed by atoms with Gasteiger partial charge in [-0.2, -0.15) is 0 Å². The summed E-state index contributed by atoms with van der Waals surface area (Å²) in [6.45, 7) is 2.13. The summed E-state index contributed by atoms with van der Waals surface area (Å²) in [4.78, 5) is 0. The fourth-order valence-electron chi connectivity index (χ4n) is 3.01. The third-order valence-corrected chi connectivity index (χ3v) is 4.89. The van der Waals surface area contributed by atoms with Crippen LogP contribution >= 0.6 is 23.2 Å². The van der Waals surface area contributed by atoms with Crippen molar-refractivity contribution in [3.8, 4) is 0 Å². The lowest BCUT2D eigenvalue weighted by Gasteiger charge is -2.21. The molecule has 1 aliphatic carbocycles. The van der Waals surface area contributed by atoms with Gasteiger partial charge in [0.1, 0.15) is 0 Å². The van der Waals surface area contributed by atoms with E-state index in [1.165, 1.54) is 11.1 Å². The second-order valence-corrected chi connectivity index (χ2v) is 6.40. The van der Waals surface area contributed by atoms with E-state index < -0.39 is 0 Å². The van der Waals surface area contributed by atoms with E-state index in [9.17, 15) is 0 Å². The molecule has 0 fully saturated rings. The van der Waals surface area contributed by atoms with Crippen molar-refractivity contribution in [3.05, 3.63) is 69.2 Å². The molecule has 0 amide bonds. The molecule has 0 aliphatic heterocycles. The first-order chi connectivity index (χ1) is 10.1. The number of nitrogens with one attached hydrogen (secondary N) is 1. The van der Waals surface area contributed by atoms with Crippen LogP contribution in [-0.4, -0.2) is 0 Å². The van der Waals surface area contributed by atoms with Gasteiger partial charge in [0.05, 0.1) is 10.0 Å². The van der Waals surface area contributed by atoms with Gasteiger partial charge in [-0.15, -0.1) is 0 Å². The van der Waals surface area contributed by atoms with Crippen LogP contribution in [0.15, 0.2) is 42.5 Å². The summed E-state index contributed by atoms with van der Waals surface area (Å²) in [5.41, 5.74) is 9.89. The summed E-state index contributed by atoms with van der Waals surface area (Å²) in [6, 6.07) is 14.7. The van der Waals surface area contributed by atoms with Crippen LogP contribution in [0.3, 0.4) is 0 Å². The van der Waals surface area contributed by atoms with Crippen molar-refractivity contribution >= 4 is 23.2 Å². The lowest BCUT2D eigenvalue weighted by atomic mass is 10.0. The molecule has 21 heavy (non-hydrogen) atoms. The third-order valence-electron chi connectivity index (χ3n) is 4.16. The van der Waals surface area contributed by atoms with Gasteiger partial charge in [0.15, 0.2) is 0 Å². The maximum Gasteiger partial charge on any atom is 0.0595 e. The Bertz CT molecular complexity index is 657. The molecule has 2 aromatic carbocycles. The van der Waals surface area contributed by atoms with Crippen molar-refractivity contribution in [1.82, 2.24) is 5.32 Å². The Labute approximate surface area is 135 Å². The Morgan fingerprint density at radius 2 is 1.81 bits per heavy atom. The van der Waals surface area contributed by atoms with E-state index in [-0.39, 0.29) is 18.1 Å². The van der Waals surface area contributed by atoms with Crippen LogP contribution in [-0.2, 0) is 0 Å². The lowest BCUT2D eigenvalue weighted by molar-refractivity contribution is 0.446. The van der Waals surface area contributed by atoms with Crippen molar-refractivity contribution in [1.29, 1.82) is 0 Å². The Morgan fingerprint density at radius 3 is 2.52 bits per heavy atom. The highest BCUT2D eigenvalue weighted by Crippen LogP contribution is 2.38. The Balaban J connectivity index is 1.79. The van der Waals surface area contributed by atoms with Crippen LogP contribution in [0.25, 0.3) is 0 Å². The molecule has 3 atom stereocenters. The van der Waals surface area contributed by atoms with Gasteiger partial charge in [0.25, 0.3) is 0 Å². The highest BCUT2D eigenvalue weighted by Gasteiger charge is 2.29. The molecular weight excluding hydrogens is 303 g/mol. The van der Waals surface area contributed by atoms with Crippen molar-refractivity contribution < 1.29 is 0 Å². The van der Waals surface area contributed by atoms with Crippen LogP contribution in [0.2, 0.25) is 10.0 Å². The first-order valence-corrected chi connectivity index (χ1v) is 7.87. The van der Waals surface area contributed by atoms with Gasteiger partial charge in [0, 0.05) is 18.1 Å². The Kier molecular flexibility index (Phi) is 4.23. The SMILES string of the molecule is CC(NC1CC(N)c2ccccc21)c1ccc(Cl)c(Cl)c1.